The van der Waals surface area contributed by atoms with Gasteiger partial charge in [-0.15, -0.1) is 0 Å². The van der Waals surface area contributed by atoms with Crippen LogP contribution in [-0.4, -0.2) is 49.5 Å². The molecule has 1 aliphatic rings. The van der Waals surface area contributed by atoms with Gasteiger partial charge >= 0.3 is 0 Å². The van der Waals surface area contributed by atoms with Gasteiger partial charge in [0.15, 0.2) is 6.29 Å². The molecule has 3 aromatic carbocycles. The summed E-state index contributed by atoms with van der Waals surface area (Å²) in [5.41, 5.74) is 3.09. The minimum Gasteiger partial charge on any atom is -0.394 e. The highest BCUT2D eigenvalue weighted by atomic mass is 16.7. The van der Waals surface area contributed by atoms with Crippen molar-refractivity contribution in [2.45, 2.75) is 50.5 Å². The molecule has 180 valence electrons. The van der Waals surface area contributed by atoms with E-state index < -0.39 is 30.7 Å². The molecule has 1 aliphatic heterocycles. The minimum atomic E-state index is -0.710. The SMILES string of the molecule is CO[C@H]1O[C@H](CO)[C@@H](OCc2ccccc2)[C@H](OCc2ccccc2)[C@@H]1OCc1ccccc1. The second-order valence-corrected chi connectivity index (χ2v) is 8.24. The van der Waals surface area contributed by atoms with Gasteiger partial charge < -0.3 is 28.8 Å². The summed E-state index contributed by atoms with van der Waals surface area (Å²) >= 11 is 0. The highest BCUT2D eigenvalue weighted by Gasteiger charge is 2.48. The highest BCUT2D eigenvalue weighted by Crippen LogP contribution is 2.30. The van der Waals surface area contributed by atoms with Crippen LogP contribution in [0.5, 0.6) is 0 Å². The normalized spacial score (nSPS) is 24.7. The molecule has 0 unspecified atom stereocenters. The maximum Gasteiger partial charge on any atom is 0.186 e. The van der Waals surface area contributed by atoms with Crippen LogP contribution in [0.2, 0.25) is 0 Å². The molecule has 0 aromatic heterocycles. The maximum atomic E-state index is 10.1. The van der Waals surface area contributed by atoms with Gasteiger partial charge in [0.25, 0.3) is 0 Å². The van der Waals surface area contributed by atoms with Crippen molar-refractivity contribution in [2.75, 3.05) is 13.7 Å². The first-order valence-corrected chi connectivity index (χ1v) is 11.5. The Morgan fingerprint density at radius 3 is 1.44 bits per heavy atom. The summed E-state index contributed by atoms with van der Waals surface area (Å²) in [6.45, 7) is 0.876. The number of methoxy groups -OCH3 is 1. The number of aliphatic hydroxyl groups is 1. The molecule has 5 atom stereocenters. The molecule has 6 heteroatoms. The molecule has 1 saturated heterocycles. The van der Waals surface area contributed by atoms with Crippen molar-refractivity contribution >= 4 is 0 Å². The first-order valence-electron chi connectivity index (χ1n) is 11.5. The van der Waals surface area contributed by atoms with Gasteiger partial charge in [0.05, 0.1) is 26.4 Å². The maximum absolute atomic E-state index is 10.1. The van der Waals surface area contributed by atoms with E-state index in [-0.39, 0.29) is 6.61 Å². The summed E-state index contributed by atoms with van der Waals surface area (Å²) in [4.78, 5) is 0. The second kappa shape index (κ2) is 12.8. The van der Waals surface area contributed by atoms with E-state index in [1.54, 1.807) is 7.11 Å². The van der Waals surface area contributed by atoms with Gasteiger partial charge in [-0.3, -0.25) is 0 Å². The Bertz CT molecular complexity index is 895. The number of ether oxygens (including phenoxy) is 5. The molecule has 0 saturated carbocycles. The lowest BCUT2D eigenvalue weighted by Gasteiger charge is -2.45. The fraction of sp³-hybridized carbons (Fsp3) is 0.357. The molecule has 0 bridgehead atoms. The van der Waals surface area contributed by atoms with Crippen molar-refractivity contribution < 1.29 is 28.8 Å². The molecule has 34 heavy (non-hydrogen) atoms. The van der Waals surface area contributed by atoms with Crippen LogP contribution in [0, 0.1) is 0 Å². The molecule has 3 aromatic rings. The third-order valence-electron chi connectivity index (χ3n) is 5.86. The standard InChI is InChI=1S/C28H32O6/c1-30-28-27(33-20-23-15-9-4-10-16-23)26(32-19-22-13-7-3-8-14-22)25(24(17-29)34-28)31-18-21-11-5-2-6-12-21/h2-16,24-29H,17-20H2,1H3/t24-,25-,26+,27+,28+/m1/s1. The topological polar surface area (TPSA) is 66.4 Å². The highest BCUT2D eigenvalue weighted by molar-refractivity contribution is 5.15. The van der Waals surface area contributed by atoms with Crippen LogP contribution in [0.25, 0.3) is 0 Å². The Morgan fingerprint density at radius 2 is 1.03 bits per heavy atom. The van der Waals surface area contributed by atoms with E-state index in [1.807, 2.05) is 91.0 Å². The van der Waals surface area contributed by atoms with Gasteiger partial charge in [0.1, 0.15) is 24.4 Å². The van der Waals surface area contributed by atoms with Gasteiger partial charge in [-0.1, -0.05) is 91.0 Å². The van der Waals surface area contributed by atoms with Crippen molar-refractivity contribution in [1.29, 1.82) is 0 Å². The number of hydrogen-bond donors (Lipinski definition) is 1. The van der Waals surface area contributed by atoms with Crippen molar-refractivity contribution in [2.24, 2.45) is 0 Å². The van der Waals surface area contributed by atoms with Crippen molar-refractivity contribution in [3.8, 4) is 0 Å². The third-order valence-corrected chi connectivity index (χ3v) is 5.86. The number of hydrogen-bond acceptors (Lipinski definition) is 6. The lowest BCUT2D eigenvalue weighted by molar-refractivity contribution is -0.321. The average molecular weight is 465 g/mol. The van der Waals surface area contributed by atoms with E-state index in [0.717, 1.165) is 16.7 Å². The Morgan fingerprint density at radius 1 is 0.618 bits per heavy atom. The van der Waals surface area contributed by atoms with Crippen LogP contribution < -0.4 is 0 Å². The lowest BCUT2D eigenvalue weighted by atomic mass is 9.98. The third kappa shape index (κ3) is 6.51. The Kier molecular flexibility index (Phi) is 9.21. The first kappa shape index (κ1) is 24.5. The second-order valence-electron chi connectivity index (χ2n) is 8.24. The molecule has 4 rings (SSSR count). The molecule has 0 spiro atoms. The Balaban J connectivity index is 1.56. The summed E-state index contributed by atoms with van der Waals surface area (Å²) in [7, 11) is 1.57. The van der Waals surface area contributed by atoms with Gasteiger partial charge in [0.2, 0.25) is 0 Å². The van der Waals surface area contributed by atoms with Crippen LogP contribution in [0.4, 0.5) is 0 Å². The van der Waals surface area contributed by atoms with E-state index in [0.29, 0.717) is 19.8 Å². The summed E-state index contributed by atoms with van der Waals surface area (Å²) in [5.74, 6) is 0. The largest absolute Gasteiger partial charge is 0.394 e. The van der Waals surface area contributed by atoms with Crippen LogP contribution in [0.1, 0.15) is 16.7 Å². The smallest absolute Gasteiger partial charge is 0.186 e. The van der Waals surface area contributed by atoms with E-state index in [2.05, 4.69) is 0 Å². The van der Waals surface area contributed by atoms with E-state index in [4.69, 9.17) is 23.7 Å². The zero-order chi connectivity index (χ0) is 23.6. The monoisotopic (exact) mass is 464 g/mol. The molecule has 1 heterocycles. The quantitative estimate of drug-likeness (QED) is 0.461. The van der Waals surface area contributed by atoms with Crippen LogP contribution in [-0.2, 0) is 43.5 Å². The van der Waals surface area contributed by atoms with E-state index in [1.165, 1.54) is 0 Å². The van der Waals surface area contributed by atoms with Crippen molar-refractivity contribution in [1.82, 2.24) is 0 Å². The Labute approximate surface area is 201 Å². The zero-order valence-corrected chi connectivity index (χ0v) is 19.4. The summed E-state index contributed by atoms with van der Waals surface area (Å²) in [5, 5.41) is 10.1. The van der Waals surface area contributed by atoms with E-state index >= 15 is 0 Å². The van der Waals surface area contributed by atoms with Crippen LogP contribution in [0.3, 0.4) is 0 Å². The lowest BCUT2D eigenvalue weighted by Crippen LogP contribution is -2.61. The predicted octanol–water partition coefficient (Wildman–Crippen LogP) is 4.11. The van der Waals surface area contributed by atoms with Gasteiger partial charge in [-0.2, -0.15) is 0 Å². The molecule has 1 fully saturated rings. The number of rotatable bonds is 11. The molecule has 1 N–H and O–H groups in total. The van der Waals surface area contributed by atoms with Gasteiger partial charge in [0, 0.05) is 7.11 Å². The summed E-state index contributed by atoms with van der Waals surface area (Å²) < 4.78 is 30.7. The van der Waals surface area contributed by atoms with E-state index in [9.17, 15) is 5.11 Å². The fourth-order valence-corrected chi connectivity index (χ4v) is 4.08. The van der Waals surface area contributed by atoms with Crippen LogP contribution >= 0.6 is 0 Å². The summed E-state index contributed by atoms with van der Waals surface area (Å²) in [6, 6.07) is 29.8. The number of aliphatic hydroxyl groups excluding tert-OH is 1. The molecule has 0 aliphatic carbocycles. The first-order chi connectivity index (χ1) is 16.8. The van der Waals surface area contributed by atoms with Crippen LogP contribution in [0.15, 0.2) is 91.0 Å². The molecule has 0 radical (unpaired) electrons. The fourth-order valence-electron chi connectivity index (χ4n) is 4.08. The molecule has 0 amide bonds. The minimum absolute atomic E-state index is 0.226. The predicted molar refractivity (Wildman–Crippen MR) is 128 cm³/mol. The van der Waals surface area contributed by atoms with Gasteiger partial charge in [-0.25, -0.2) is 0 Å². The molecule has 6 nitrogen and oxygen atoms in total. The van der Waals surface area contributed by atoms with Gasteiger partial charge in [-0.05, 0) is 16.7 Å². The summed E-state index contributed by atoms with van der Waals surface area (Å²) in [6.07, 6.45) is -2.97. The van der Waals surface area contributed by atoms with Crippen molar-refractivity contribution in [3.63, 3.8) is 0 Å². The zero-order valence-electron chi connectivity index (χ0n) is 19.4. The van der Waals surface area contributed by atoms with Crippen molar-refractivity contribution in [3.05, 3.63) is 108 Å². The molecular weight excluding hydrogens is 432 g/mol. The molecular formula is C28H32O6. The number of benzene rings is 3. The average Bonchev–Trinajstić information content (AvgIpc) is 2.91. The Hall–Kier alpha value is -2.58.